The Morgan fingerprint density at radius 2 is 2.04 bits per heavy atom. The summed E-state index contributed by atoms with van der Waals surface area (Å²) in [5, 5.41) is 29.5. The van der Waals surface area contributed by atoms with Crippen molar-refractivity contribution in [2.45, 2.75) is 20.8 Å². The predicted octanol–water partition coefficient (Wildman–Crippen LogP) is 3.85. The number of carbonyl (C=O) groups excluding carboxylic acids is 2. The lowest BCUT2D eigenvalue weighted by Crippen LogP contribution is -2.14. The van der Waals surface area contributed by atoms with Crippen LogP contribution in [0.5, 0.6) is 5.75 Å². The quantitative estimate of drug-likeness (QED) is 0.297. The van der Waals surface area contributed by atoms with Crippen LogP contribution in [-0.2, 0) is 9.53 Å². The van der Waals surface area contributed by atoms with Crippen LogP contribution in [-0.4, -0.2) is 33.7 Å². The molecule has 0 unspecified atom stereocenters. The molecule has 0 aliphatic carbocycles. The molecule has 0 aliphatic heterocycles. The van der Waals surface area contributed by atoms with E-state index in [0.717, 1.165) is 11.3 Å². The lowest BCUT2D eigenvalue weighted by molar-refractivity contribution is -0.113. The average molecular weight is 390 g/mol. The number of anilines is 1. The molecule has 1 heterocycles. The number of ether oxygens (including phenoxy) is 1. The van der Waals surface area contributed by atoms with Crippen LogP contribution in [0.15, 0.2) is 46.0 Å². The number of aryl methyl sites for hydroxylation is 1. The van der Waals surface area contributed by atoms with Gasteiger partial charge in [0.15, 0.2) is 10.8 Å². The average Bonchev–Trinajstić information content (AvgIpc) is 2.97. The molecule has 142 valence electrons. The number of aliphatic hydroxyl groups excluding tert-OH is 1. The fourth-order valence-corrected chi connectivity index (χ4v) is 2.78. The van der Waals surface area contributed by atoms with Gasteiger partial charge in [0.2, 0.25) is 0 Å². The largest absolute Gasteiger partial charge is 0.510 e. The zero-order valence-corrected chi connectivity index (χ0v) is 15.7. The SMILES string of the molecule is CCOC(=O)c1sc(NC(=O)C(N=Nc2ccccc2O)=C(C)O)nc1C. The second-order valence-electron chi connectivity index (χ2n) is 5.23. The van der Waals surface area contributed by atoms with Crippen LogP contribution in [0.3, 0.4) is 0 Å². The van der Waals surface area contributed by atoms with Crippen molar-refractivity contribution in [2.24, 2.45) is 10.2 Å². The number of hydrogen-bond donors (Lipinski definition) is 3. The van der Waals surface area contributed by atoms with E-state index in [9.17, 15) is 19.8 Å². The third-order valence-electron chi connectivity index (χ3n) is 3.18. The monoisotopic (exact) mass is 390 g/mol. The fraction of sp³-hybridized carbons (Fsp3) is 0.235. The number of thiazole rings is 1. The maximum Gasteiger partial charge on any atom is 0.350 e. The van der Waals surface area contributed by atoms with Crippen molar-refractivity contribution in [1.82, 2.24) is 4.98 Å². The number of carbonyl (C=O) groups is 2. The number of benzene rings is 1. The molecule has 1 amide bonds. The highest BCUT2D eigenvalue weighted by Gasteiger charge is 2.20. The highest BCUT2D eigenvalue weighted by atomic mass is 32.1. The van der Waals surface area contributed by atoms with Crippen LogP contribution < -0.4 is 5.32 Å². The summed E-state index contributed by atoms with van der Waals surface area (Å²) in [4.78, 5) is 28.6. The van der Waals surface area contributed by atoms with Crippen molar-refractivity contribution in [2.75, 3.05) is 11.9 Å². The summed E-state index contributed by atoms with van der Waals surface area (Å²) < 4.78 is 4.92. The Bertz CT molecular complexity index is 916. The number of nitrogens with one attached hydrogen (secondary N) is 1. The molecule has 0 bridgehead atoms. The van der Waals surface area contributed by atoms with Crippen molar-refractivity contribution < 1.29 is 24.5 Å². The van der Waals surface area contributed by atoms with Crippen LogP contribution in [0.1, 0.15) is 29.2 Å². The minimum absolute atomic E-state index is 0.119. The minimum atomic E-state index is -0.765. The van der Waals surface area contributed by atoms with Crippen molar-refractivity contribution in [3.8, 4) is 5.75 Å². The number of para-hydroxylation sites is 1. The zero-order chi connectivity index (χ0) is 20.0. The second-order valence-corrected chi connectivity index (χ2v) is 6.23. The summed E-state index contributed by atoms with van der Waals surface area (Å²) in [6, 6.07) is 6.16. The van der Waals surface area contributed by atoms with Crippen molar-refractivity contribution in [3.63, 3.8) is 0 Å². The summed E-state index contributed by atoms with van der Waals surface area (Å²) in [5.74, 6) is -1.78. The standard InChI is InChI=1S/C17H18N4O5S/c1-4-26-16(25)14-9(2)18-17(27-14)19-15(24)13(10(3)22)21-20-11-7-5-6-8-12(11)23/h5-8,22-23H,4H2,1-3H3,(H,18,19,24). The van der Waals surface area contributed by atoms with E-state index >= 15 is 0 Å². The van der Waals surface area contributed by atoms with Gasteiger partial charge in [0, 0.05) is 0 Å². The summed E-state index contributed by atoms with van der Waals surface area (Å²) in [5.41, 5.74) is 0.193. The number of aromatic nitrogens is 1. The normalized spacial score (nSPS) is 12.0. The number of amides is 1. The molecule has 0 atom stereocenters. The Kier molecular flexibility index (Phi) is 6.61. The maximum absolute atomic E-state index is 12.4. The third-order valence-corrected chi connectivity index (χ3v) is 4.23. The van der Waals surface area contributed by atoms with E-state index in [-0.39, 0.29) is 39.5 Å². The van der Waals surface area contributed by atoms with E-state index in [1.54, 1.807) is 26.0 Å². The molecular formula is C17H18N4O5S. The predicted molar refractivity (Wildman–Crippen MR) is 99.4 cm³/mol. The molecule has 3 N–H and O–H groups in total. The van der Waals surface area contributed by atoms with Crippen LogP contribution in [0, 0.1) is 6.92 Å². The van der Waals surface area contributed by atoms with Gasteiger partial charge in [0.1, 0.15) is 22.1 Å². The van der Waals surface area contributed by atoms with Crippen LogP contribution in [0.2, 0.25) is 0 Å². The van der Waals surface area contributed by atoms with E-state index in [0.29, 0.717) is 5.69 Å². The number of aromatic hydroxyl groups is 1. The summed E-state index contributed by atoms with van der Waals surface area (Å²) in [7, 11) is 0. The van der Waals surface area contributed by atoms with Gasteiger partial charge in [-0.2, -0.15) is 0 Å². The number of aliphatic hydroxyl groups is 1. The number of nitrogens with zero attached hydrogens (tertiary/aromatic N) is 3. The molecule has 0 fully saturated rings. The lowest BCUT2D eigenvalue weighted by atomic mass is 10.3. The van der Waals surface area contributed by atoms with Crippen molar-refractivity contribution in [1.29, 1.82) is 0 Å². The Hall–Kier alpha value is -3.27. The first-order chi connectivity index (χ1) is 12.8. The number of rotatable bonds is 6. The van der Waals surface area contributed by atoms with Gasteiger partial charge >= 0.3 is 5.97 Å². The van der Waals surface area contributed by atoms with Gasteiger partial charge in [-0.3, -0.25) is 10.1 Å². The van der Waals surface area contributed by atoms with E-state index in [2.05, 4.69) is 20.5 Å². The molecule has 1 aromatic heterocycles. The van der Waals surface area contributed by atoms with Gasteiger partial charge in [-0.1, -0.05) is 23.5 Å². The van der Waals surface area contributed by atoms with Crippen molar-refractivity contribution >= 4 is 34.0 Å². The highest BCUT2D eigenvalue weighted by molar-refractivity contribution is 7.17. The van der Waals surface area contributed by atoms with Crippen LogP contribution in [0.4, 0.5) is 10.8 Å². The molecule has 1 aromatic carbocycles. The molecule has 0 saturated heterocycles. The van der Waals surface area contributed by atoms with Gasteiger partial charge in [-0.05, 0) is 32.9 Å². The summed E-state index contributed by atoms with van der Waals surface area (Å²) >= 11 is 0.948. The van der Waals surface area contributed by atoms with Gasteiger partial charge in [0.25, 0.3) is 5.91 Å². The zero-order valence-electron chi connectivity index (χ0n) is 14.9. The summed E-state index contributed by atoms with van der Waals surface area (Å²) in [6.07, 6.45) is 0. The third kappa shape index (κ3) is 5.11. The van der Waals surface area contributed by atoms with Gasteiger partial charge in [-0.15, -0.1) is 10.2 Å². The fourth-order valence-electron chi connectivity index (χ4n) is 1.93. The molecule has 0 spiro atoms. The molecule has 10 heteroatoms. The molecule has 9 nitrogen and oxygen atoms in total. The number of azo groups is 1. The molecule has 0 aliphatic rings. The Labute approximate surface area is 159 Å². The highest BCUT2D eigenvalue weighted by Crippen LogP contribution is 2.27. The van der Waals surface area contributed by atoms with Crippen LogP contribution in [0.25, 0.3) is 0 Å². The topological polar surface area (TPSA) is 133 Å². The van der Waals surface area contributed by atoms with Crippen molar-refractivity contribution in [3.05, 3.63) is 46.3 Å². The van der Waals surface area contributed by atoms with E-state index in [1.807, 2.05) is 0 Å². The number of phenolic OH excluding ortho intramolecular Hbond substituents is 1. The van der Waals surface area contributed by atoms with Gasteiger partial charge in [0.05, 0.1) is 12.3 Å². The number of hydrogen-bond acceptors (Lipinski definition) is 9. The molecule has 2 rings (SSSR count). The Morgan fingerprint density at radius 1 is 1.33 bits per heavy atom. The van der Waals surface area contributed by atoms with E-state index in [4.69, 9.17) is 4.74 Å². The second kappa shape index (κ2) is 8.90. The Balaban J connectivity index is 2.19. The molecule has 27 heavy (non-hydrogen) atoms. The number of phenols is 1. The molecule has 0 radical (unpaired) electrons. The van der Waals surface area contributed by atoms with E-state index in [1.165, 1.54) is 19.1 Å². The Morgan fingerprint density at radius 3 is 2.67 bits per heavy atom. The first-order valence-electron chi connectivity index (χ1n) is 7.89. The maximum atomic E-state index is 12.4. The number of esters is 1. The minimum Gasteiger partial charge on any atom is -0.510 e. The van der Waals surface area contributed by atoms with Gasteiger partial charge in [-0.25, -0.2) is 9.78 Å². The van der Waals surface area contributed by atoms with Gasteiger partial charge < -0.3 is 14.9 Å². The van der Waals surface area contributed by atoms with E-state index < -0.39 is 11.9 Å². The number of allylic oxidation sites excluding steroid dienone is 1. The smallest absolute Gasteiger partial charge is 0.350 e. The first kappa shape index (κ1) is 20.0. The molecular weight excluding hydrogens is 372 g/mol. The lowest BCUT2D eigenvalue weighted by Gasteiger charge is -2.03. The summed E-state index contributed by atoms with van der Waals surface area (Å²) in [6.45, 7) is 4.80. The van der Waals surface area contributed by atoms with Crippen LogP contribution >= 0.6 is 11.3 Å². The first-order valence-corrected chi connectivity index (χ1v) is 8.70. The molecule has 2 aromatic rings. The molecule has 0 saturated carbocycles.